The van der Waals surface area contributed by atoms with Crippen molar-refractivity contribution in [3.8, 4) is 0 Å². The van der Waals surface area contributed by atoms with Gasteiger partial charge < -0.3 is 24.1 Å². The van der Waals surface area contributed by atoms with Gasteiger partial charge in [0.25, 0.3) is 0 Å². The van der Waals surface area contributed by atoms with Crippen LogP contribution in [0, 0.1) is 0 Å². The maximum absolute atomic E-state index is 11.7. The molecule has 5 atom stereocenters. The highest BCUT2D eigenvalue weighted by atomic mass is 16.7. The van der Waals surface area contributed by atoms with Crippen LogP contribution >= 0.6 is 0 Å². The van der Waals surface area contributed by atoms with E-state index < -0.39 is 42.4 Å². The summed E-state index contributed by atoms with van der Waals surface area (Å²) in [6.07, 6.45) is -4.31. The van der Waals surface area contributed by atoms with E-state index in [-0.39, 0.29) is 19.8 Å². The van der Waals surface area contributed by atoms with Gasteiger partial charge in [0.1, 0.15) is 31.0 Å². The number of carbonyl (C=O) groups excluding carboxylic acids is 2. The maximum atomic E-state index is 11.7. The van der Waals surface area contributed by atoms with Crippen molar-refractivity contribution in [3.63, 3.8) is 0 Å². The summed E-state index contributed by atoms with van der Waals surface area (Å²) in [5.41, 5.74) is 10.8. The highest BCUT2D eigenvalue weighted by molar-refractivity contribution is 6.32. The van der Waals surface area contributed by atoms with Crippen molar-refractivity contribution >= 4 is 11.8 Å². The number of aliphatic hydroxyl groups is 1. The monoisotopic (exact) mass is 455 g/mol. The number of ether oxygens (including phenoxy) is 4. The van der Waals surface area contributed by atoms with Crippen molar-refractivity contribution in [2.24, 2.45) is 5.11 Å². The number of azide groups is 1. The van der Waals surface area contributed by atoms with Crippen molar-refractivity contribution in [3.05, 3.63) is 82.2 Å². The number of carbonyl (C=O) groups is 2. The third-order valence-corrected chi connectivity index (χ3v) is 5.05. The van der Waals surface area contributed by atoms with Gasteiger partial charge in [0.2, 0.25) is 5.78 Å². The average Bonchev–Trinajstić information content (AvgIpc) is 2.83. The predicted molar refractivity (Wildman–Crippen MR) is 115 cm³/mol. The molecule has 0 bridgehead atoms. The van der Waals surface area contributed by atoms with Crippen LogP contribution in [0.4, 0.5) is 0 Å². The minimum atomic E-state index is -1.53. The Kier molecular flexibility index (Phi) is 8.94. The summed E-state index contributed by atoms with van der Waals surface area (Å²) < 4.78 is 22.7. The number of nitrogens with zero attached hydrogens (tertiary/aromatic N) is 3. The minimum absolute atomic E-state index is 0.154. The van der Waals surface area contributed by atoms with E-state index >= 15 is 0 Å². The quantitative estimate of drug-likeness (QED) is 0.191. The first-order chi connectivity index (χ1) is 16.0. The zero-order valence-corrected chi connectivity index (χ0v) is 18.0. The second kappa shape index (κ2) is 12.1. The third kappa shape index (κ3) is 6.85. The molecular formula is C23H25N3O7. The summed E-state index contributed by atoms with van der Waals surface area (Å²) in [5.74, 6) is -1.80. The first kappa shape index (κ1) is 24.4. The number of ketones is 1. The molecule has 0 radical (unpaired) electrons. The van der Waals surface area contributed by atoms with Crippen molar-refractivity contribution in [2.45, 2.75) is 50.8 Å². The molecule has 174 valence electrons. The van der Waals surface area contributed by atoms with Crippen LogP contribution in [0.15, 0.2) is 65.8 Å². The summed E-state index contributed by atoms with van der Waals surface area (Å²) in [6, 6.07) is 17.5. The van der Waals surface area contributed by atoms with Crippen molar-refractivity contribution in [2.75, 3.05) is 6.61 Å². The first-order valence-electron chi connectivity index (χ1n) is 10.4. The lowest BCUT2D eigenvalue weighted by Gasteiger charge is -2.43. The van der Waals surface area contributed by atoms with Crippen LogP contribution in [0.3, 0.4) is 0 Å². The molecule has 1 aliphatic rings. The van der Waals surface area contributed by atoms with E-state index in [1.807, 2.05) is 60.7 Å². The smallest absolute Gasteiger partial charge is 0.374 e. The predicted octanol–water partition coefficient (Wildman–Crippen LogP) is 2.69. The summed E-state index contributed by atoms with van der Waals surface area (Å²) in [6.45, 7) is 1.05. The van der Waals surface area contributed by atoms with Crippen molar-refractivity contribution in [1.29, 1.82) is 0 Å². The van der Waals surface area contributed by atoms with Gasteiger partial charge in [0.05, 0.1) is 13.2 Å². The van der Waals surface area contributed by atoms with E-state index in [0.29, 0.717) is 0 Å². The molecule has 0 aliphatic carbocycles. The van der Waals surface area contributed by atoms with Crippen LogP contribution in [0.1, 0.15) is 18.1 Å². The number of rotatable bonds is 10. The van der Waals surface area contributed by atoms with Crippen molar-refractivity contribution in [1.82, 2.24) is 0 Å². The zero-order valence-electron chi connectivity index (χ0n) is 18.0. The molecule has 0 spiro atoms. The Labute approximate surface area is 190 Å². The number of aliphatic hydroxyl groups excluding tert-OH is 1. The highest BCUT2D eigenvalue weighted by Crippen LogP contribution is 2.29. The van der Waals surface area contributed by atoms with E-state index in [9.17, 15) is 14.7 Å². The molecule has 10 nitrogen and oxygen atoms in total. The van der Waals surface area contributed by atoms with E-state index in [1.165, 1.54) is 0 Å². The Balaban J connectivity index is 1.84. The van der Waals surface area contributed by atoms with Crippen molar-refractivity contribution < 1.29 is 33.6 Å². The molecular weight excluding hydrogens is 430 g/mol. The molecule has 3 unspecified atom stereocenters. The molecule has 2 aromatic rings. The summed E-state index contributed by atoms with van der Waals surface area (Å²) in [7, 11) is 0. The van der Waals surface area contributed by atoms with Crippen LogP contribution in [-0.4, -0.2) is 54.1 Å². The molecule has 10 heteroatoms. The standard InChI is InChI=1S/C23H25N3O7/c1-15(27)22(28)32-14-18-20(30-12-16-8-4-2-5-9-16)21(19(25-26-24)23(29)33-18)31-13-17-10-6-3-7-11-17/h2-11,18-21,23,29H,12-14H2,1H3/t18?,19?,20-,21?,23-/m1/s1. The van der Waals surface area contributed by atoms with Gasteiger partial charge in [-0.05, 0) is 16.7 Å². The van der Waals surface area contributed by atoms with Gasteiger partial charge in [0, 0.05) is 11.8 Å². The minimum Gasteiger partial charge on any atom is -0.457 e. The van der Waals surface area contributed by atoms with Crippen LogP contribution in [-0.2, 0) is 41.8 Å². The molecule has 0 aromatic heterocycles. The lowest BCUT2D eigenvalue weighted by atomic mass is 9.96. The number of esters is 1. The number of hydrogen-bond donors (Lipinski definition) is 1. The van der Waals surface area contributed by atoms with Gasteiger partial charge in [-0.3, -0.25) is 4.79 Å². The van der Waals surface area contributed by atoms with Gasteiger partial charge in [-0.2, -0.15) is 0 Å². The topological polar surface area (TPSA) is 140 Å². The molecule has 33 heavy (non-hydrogen) atoms. The van der Waals surface area contributed by atoms with Gasteiger partial charge >= 0.3 is 5.97 Å². The van der Waals surface area contributed by atoms with Gasteiger partial charge in [0.15, 0.2) is 6.29 Å². The van der Waals surface area contributed by atoms with Gasteiger partial charge in [-0.25, -0.2) is 4.79 Å². The fraction of sp³-hybridized carbons (Fsp3) is 0.391. The molecule has 3 rings (SSSR count). The second-order valence-electron chi connectivity index (χ2n) is 7.44. The average molecular weight is 455 g/mol. The summed E-state index contributed by atoms with van der Waals surface area (Å²) >= 11 is 0. The van der Waals surface area contributed by atoms with Crippen LogP contribution < -0.4 is 0 Å². The van der Waals surface area contributed by atoms with Gasteiger partial charge in [-0.15, -0.1) is 0 Å². The Hall–Kier alpha value is -3.27. The van der Waals surface area contributed by atoms with E-state index in [1.54, 1.807) is 0 Å². The molecule has 1 fully saturated rings. The first-order valence-corrected chi connectivity index (χ1v) is 10.4. The molecule has 0 amide bonds. The van der Waals surface area contributed by atoms with E-state index in [0.717, 1.165) is 18.1 Å². The lowest BCUT2D eigenvalue weighted by Crippen LogP contribution is -2.59. The lowest BCUT2D eigenvalue weighted by molar-refractivity contribution is -0.271. The number of hydrogen-bond acceptors (Lipinski definition) is 8. The fourth-order valence-corrected chi connectivity index (χ4v) is 3.41. The Morgan fingerprint density at radius 1 is 1.00 bits per heavy atom. The molecule has 1 N–H and O–H groups in total. The molecule has 1 heterocycles. The van der Waals surface area contributed by atoms with Crippen LogP contribution in [0.5, 0.6) is 0 Å². The maximum Gasteiger partial charge on any atom is 0.374 e. The molecule has 1 saturated heterocycles. The Morgan fingerprint density at radius 2 is 1.55 bits per heavy atom. The van der Waals surface area contributed by atoms with Crippen LogP contribution in [0.25, 0.3) is 10.4 Å². The largest absolute Gasteiger partial charge is 0.457 e. The Bertz CT molecular complexity index is 967. The molecule has 2 aromatic carbocycles. The number of Topliss-reactive ketones (excluding diaryl/α,β-unsaturated/α-hetero) is 1. The highest BCUT2D eigenvalue weighted by Gasteiger charge is 2.47. The van der Waals surface area contributed by atoms with Gasteiger partial charge in [-0.1, -0.05) is 65.8 Å². The zero-order chi connectivity index (χ0) is 23.6. The Morgan fingerprint density at radius 3 is 2.06 bits per heavy atom. The SMILES string of the molecule is CC(=O)C(=O)OCC1O[C@@H](O)C(N=[N+]=[N-])C(OCc2ccccc2)[C@@H]1OCc1ccccc1. The second-order valence-corrected chi connectivity index (χ2v) is 7.44. The van der Waals surface area contributed by atoms with E-state index in [4.69, 9.17) is 24.5 Å². The summed E-state index contributed by atoms with van der Waals surface area (Å²) in [5, 5.41) is 14.1. The molecule has 1 aliphatic heterocycles. The third-order valence-electron chi connectivity index (χ3n) is 5.05. The van der Waals surface area contributed by atoms with Crippen LogP contribution in [0.2, 0.25) is 0 Å². The fourth-order valence-electron chi connectivity index (χ4n) is 3.41. The normalized spacial score (nSPS) is 24.5. The number of benzene rings is 2. The summed E-state index contributed by atoms with van der Waals surface area (Å²) in [4.78, 5) is 25.8. The molecule has 0 saturated carbocycles. The van der Waals surface area contributed by atoms with E-state index in [2.05, 4.69) is 10.0 Å².